The van der Waals surface area contributed by atoms with E-state index in [4.69, 9.17) is 23.2 Å². The normalized spacial score (nSPS) is 15.2. The Bertz CT molecular complexity index is 946. The maximum Gasteiger partial charge on any atom is 0.243 e. The summed E-state index contributed by atoms with van der Waals surface area (Å²) in [6, 6.07) is 11.0. The number of carbonyl (C=O) groups excluding carboxylic acids is 2. The van der Waals surface area contributed by atoms with E-state index in [0.29, 0.717) is 22.0 Å². The molecule has 0 saturated heterocycles. The van der Waals surface area contributed by atoms with Crippen molar-refractivity contribution in [1.82, 2.24) is 10.2 Å². The highest BCUT2D eigenvalue weighted by Crippen LogP contribution is 2.28. The van der Waals surface area contributed by atoms with Gasteiger partial charge in [0.1, 0.15) is 6.04 Å². The van der Waals surface area contributed by atoms with Crippen LogP contribution in [0.15, 0.2) is 36.4 Å². The lowest BCUT2D eigenvalue weighted by Gasteiger charge is -2.33. The molecule has 178 valence electrons. The maximum absolute atomic E-state index is 13.6. The highest BCUT2D eigenvalue weighted by molar-refractivity contribution is 6.36. The van der Waals surface area contributed by atoms with Crippen molar-refractivity contribution in [3.8, 4) is 0 Å². The van der Waals surface area contributed by atoms with Gasteiger partial charge < -0.3 is 10.2 Å². The van der Waals surface area contributed by atoms with E-state index < -0.39 is 6.04 Å². The van der Waals surface area contributed by atoms with Gasteiger partial charge >= 0.3 is 0 Å². The van der Waals surface area contributed by atoms with Crippen LogP contribution in [0.4, 0.5) is 0 Å². The highest BCUT2D eigenvalue weighted by atomic mass is 35.5. The van der Waals surface area contributed by atoms with Gasteiger partial charge in [0.25, 0.3) is 0 Å². The predicted octanol–water partition coefficient (Wildman–Crippen LogP) is 6.41. The fraction of sp³-hybridized carbons (Fsp3) is 0.481. The summed E-state index contributed by atoms with van der Waals surface area (Å²) in [7, 11) is 0. The SMILES string of the molecule is CC[C@@H](C(=O)NC1CCCCC1)N(Cc1c(Cl)cccc1Cl)C(=O)Cc1cc(C)cc(C)c1. The van der Waals surface area contributed by atoms with Crippen LogP contribution in [-0.2, 0) is 22.6 Å². The van der Waals surface area contributed by atoms with Gasteiger partial charge in [0, 0.05) is 28.2 Å². The second kappa shape index (κ2) is 11.9. The third kappa shape index (κ3) is 6.97. The largest absolute Gasteiger partial charge is 0.352 e. The third-order valence-corrected chi connectivity index (χ3v) is 7.07. The number of hydrogen-bond donors (Lipinski definition) is 1. The molecule has 33 heavy (non-hydrogen) atoms. The van der Waals surface area contributed by atoms with E-state index in [-0.39, 0.29) is 30.8 Å². The summed E-state index contributed by atoms with van der Waals surface area (Å²) in [5.41, 5.74) is 3.83. The van der Waals surface area contributed by atoms with Crippen LogP contribution in [0.1, 0.15) is 67.7 Å². The first-order valence-corrected chi connectivity index (χ1v) is 12.6. The second-order valence-electron chi connectivity index (χ2n) is 9.16. The Hall–Kier alpha value is -2.04. The average Bonchev–Trinajstić information content (AvgIpc) is 2.75. The van der Waals surface area contributed by atoms with E-state index in [1.807, 2.05) is 32.9 Å². The quantitative estimate of drug-likeness (QED) is 0.466. The fourth-order valence-corrected chi connectivity index (χ4v) is 5.28. The number of benzene rings is 2. The van der Waals surface area contributed by atoms with Crippen LogP contribution in [0.3, 0.4) is 0 Å². The molecule has 0 aromatic heterocycles. The van der Waals surface area contributed by atoms with Crippen molar-refractivity contribution in [2.45, 2.75) is 84.3 Å². The Morgan fingerprint density at radius 3 is 2.21 bits per heavy atom. The van der Waals surface area contributed by atoms with Crippen molar-refractivity contribution in [2.24, 2.45) is 0 Å². The minimum Gasteiger partial charge on any atom is -0.352 e. The standard InChI is InChI=1S/C27H34Cl2N2O2/c1-4-25(27(33)30-21-9-6-5-7-10-21)31(17-22-23(28)11-8-12-24(22)29)26(32)16-20-14-18(2)13-19(3)15-20/h8,11-15,21,25H,4-7,9-10,16-17H2,1-3H3,(H,30,33)/t25-/m0/s1. The fourth-order valence-electron chi connectivity index (χ4n) is 4.76. The van der Waals surface area contributed by atoms with Gasteiger partial charge in [-0.15, -0.1) is 0 Å². The molecular formula is C27H34Cl2N2O2. The van der Waals surface area contributed by atoms with E-state index in [0.717, 1.165) is 42.4 Å². The molecule has 0 bridgehead atoms. The first-order chi connectivity index (χ1) is 15.8. The molecule has 3 rings (SSSR count). The van der Waals surface area contributed by atoms with Crippen LogP contribution in [0, 0.1) is 13.8 Å². The Morgan fingerprint density at radius 1 is 1.03 bits per heavy atom. The van der Waals surface area contributed by atoms with Gasteiger partial charge in [-0.1, -0.05) is 84.8 Å². The number of rotatable bonds is 8. The number of halogens is 2. The molecule has 6 heteroatoms. The van der Waals surface area contributed by atoms with Crippen LogP contribution in [0.25, 0.3) is 0 Å². The number of nitrogens with one attached hydrogen (secondary N) is 1. The van der Waals surface area contributed by atoms with Gasteiger partial charge in [-0.3, -0.25) is 9.59 Å². The van der Waals surface area contributed by atoms with Crippen molar-refractivity contribution in [3.05, 3.63) is 68.7 Å². The molecule has 1 fully saturated rings. The highest BCUT2D eigenvalue weighted by Gasteiger charge is 2.31. The maximum atomic E-state index is 13.6. The van der Waals surface area contributed by atoms with Gasteiger partial charge in [-0.2, -0.15) is 0 Å². The number of amides is 2. The first-order valence-electron chi connectivity index (χ1n) is 11.9. The summed E-state index contributed by atoms with van der Waals surface area (Å²) in [6.45, 7) is 6.18. The molecule has 1 aliphatic rings. The van der Waals surface area contributed by atoms with Crippen LogP contribution < -0.4 is 5.32 Å². The Kier molecular flexibility index (Phi) is 9.22. The summed E-state index contributed by atoms with van der Waals surface area (Å²) in [5.74, 6) is -0.206. The Labute approximate surface area is 207 Å². The van der Waals surface area contributed by atoms with Crippen LogP contribution >= 0.6 is 23.2 Å². The zero-order valence-corrected chi connectivity index (χ0v) is 21.3. The van der Waals surface area contributed by atoms with E-state index in [1.54, 1.807) is 23.1 Å². The van der Waals surface area contributed by atoms with Crippen LogP contribution in [0.5, 0.6) is 0 Å². The van der Waals surface area contributed by atoms with Gasteiger partial charge in [-0.25, -0.2) is 0 Å². The number of aryl methyl sites for hydroxylation is 2. The second-order valence-corrected chi connectivity index (χ2v) is 9.98. The molecule has 2 aromatic carbocycles. The molecule has 1 aliphatic carbocycles. The van der Waals surface area contributed by atoms with Crippen molar-refractivity contribution in [1.29, 1.82) is 0 Å². The smallest absolute Gasteiger partial charge is 0.243 e. The predicted molar refractivity (Wildman–Crippen MR) is 136 cm³/mol. The zero-order valence-electron chi connectivity index (χ0n) is 19.8. The Morgan fingerprint density at radius 2 is 1.64 bits per heavy atom. The van der Waals surface area contributed by atoms with Gasteiger partial charge in [-0.05, 0) is 50.8 Å². The minimum absolute atomic E-state index is 0.0960. The molecule has 1 saturated carbocycles. The molecule has 0 spiro atoms. The molecule has 4 nitrogen and oxygen atoms in total. The topological polar surface area (TPSA) is 49.4 Å². The summed E-state index contributed by atoms with van der Waals surface area (Å²) >= 11 is 12.9. The van der Waals surface area contributed by atoms with Gasteiger partial charge in [0.2, 0.25) is 11.8 Å². The molecular weight excluding hydrogens is 455 g/mol. The number of hydrogen-bond acceptors (Lipinski definition) is 2. The van der Waals surface area contributed by atoms with E-state index in [9.17, 15) is 9.59 Å². The van der Waals surface area contributed by atoms with E-state index >= 15 is 0 Å². The Balaban J connectivity index is 1.88. The van der Waals surface area contributed by atoms with Crippen molar-refractivity contribution in [2.75, 3.05) is 0 Å². The molecule has 0 aliphatic heterocycles. The zero-order chi connectivity index (χ0) is 24.0. The molecule has 2 aromatic rings. The summed E-state index contributed by atoms with van der Waals surface area (Å²) < 4.78 is 0. The van der Waals surface area contributed by atoms with Crippen LogP contribution in [0.2, 0.25) is 10.0 Å². The summed E-state index contributed by atoms with van der Waals surface area (Å²) in [6.07, 6.45) is 6.20. The summed E-state index contributed by atoms with van der Waals surface area (Å²) in [4.78, 5) is 28.6. The lowest BCUT2D eigenvalue weighted by molar-refractivity contribution is -0.141. The molecule has 2 amide bonds. The lowest BCUT2D eigenvalue weighted by Crippen LogP contribution is -2.52. The van der Waals surface area contributed by atoms with Crippen molar-refractivity contribution < 1.29 is 9.59 Å². The third-order valence-electron chi connectivity index (χ3n) is 6.36. The minimum atomic E-state index is -0.585. The molecule has 1 N–H and O–H groups in total. The van der Waals surface area contributed by atoms with Crippen molar-refractivity contribution >= 4 is 35.0 Å². The van der Waals surface area contributed by atoms with E-state index in [2.05, 4.69) is 11.4 Å². The first kappa shape index (κ1) is 25.6. The average molecular weight is 489 g/mol. The van der Waals surface area contributed by atoms with Crippen LogP contribution in [-0.4, -0.2) is 28.8 Å². The molecule has 0 radical (unpaired) electrons. The summed E-state index contributed by atoms with van der Waals surface area (Å²) in [5, 5.41) is 4.19. The molecule has 0 unspecified atom stereocenters. The van der Waals surface area contributed by atoms with Gasteiger partial charge in [0.15, 0.2) is 0 Å². The van der Waals surface area contributed by atoms with Gasteiger partial charge in [0.05, 0.1) is 6.42 Å². The van der Waals surface area contributed by atoms with Crippen molar-refractivity contribution in [3.63, 3.8) is 0 Å². The molecule has 1 atom stereocenters. The van der Waals surface area contributed by atoms with E-state index in [1.165, 1.54) is 6.42 Å². The lowest BCUT2D eigenvalue weighted by atomic mass is 9.95. The number of carbonyl (C=O) groups is 2. The molecule has 0 heterocycles. The monoisotopic (exact) mass is 488 g/mol. The number of nitrogens with zero attached hydrogens (tertiary/aromatic N) is 1.